The molecule has 2 heterocycles. The molecular formula is C18H20N6O3S. The summed E-state index contributed by atoms with van der Waals surface area (Å²) in [5.41, 5.74) is 1.38. The molecule has 3 aromatic rings. The van der Waals surface area contributed by atoms with E-state index in [9.17, 15) is 15.2 Å². The Balaban J connectivity index is 1.83. The molecule has 0 amide bonds. The lowest BCUT2D eigenvalue weighted by molar-refractivity contribution is 0.189. The summed E-state index contributed by atoms with van der Waals surface area (Å²) in [6.07, 6.45) is 0.661. The lowest BCUT2D eigenvalue weighted by Crippen LogP contribution is -2.18. The van der Waals surface area contributed by atoms with Crippen molar-refractivity contribution < 1.29 is 9.84 Å². The van der Waals surface area contributed by atoms with Crippen molar-refractivity contribution in [1.82, 2.24) is 24.3 Å². The normalized spacial score (nSPS) is 12.2. The van der Waals surface area contributed by atoms with E-state index in [1.54, 1.807) is 18.7 Å². The third-order valence-electron chi connectivity index (χ3n) is 4.20. The summed E-state index contributed by atoms with van der Waals surface area (Å²) in [5, 5.41) is 26.9. The number of rotatable bonds is 8. The lowest BCUT2D eigenvalue weighted by atomic mass is 10.2. The zero-order chi connectivity index (χ0) is 20.1. The fraction of sp³-hybridized carbons (Fsp3) is 0.333. The summed E-state index contributed by atoms with van der Waals surface area (Å²) < 4.78 is 8.26. The number of aliphatic hydroxyl groups is 1. The fourth-order valence-corrected chi connectivity index (χ4v) is 3.65. The molecule has 0 aliphatic heterocycles. The maximum absolute atomic E-state index is 11.9. The van der Waals surface area contributed by atoms with Gasteiger partial charge in [0.2, 0.25) is 0 Å². The predicted octanol–water partition coefficient (Wildman–Crippen LogP) is 2.08. The summed E-state index contributed by atoms with van der Waals surface area (Å²) in [6, 6.07) is 9.54. The van der Waals surface area contributed by atoms with Crippen LogP contribution in [0.1, 0.15) is 12.2 Å². The molecule has 9 nitrogen and oxygen atoms in total. The second kappa shape index (κ2) is 8.77. The number of aromatic amines is 1. The SMILES string of the molecule is COCCCn1c(SC/C(O)=C(\C#N)c2nc3ccccc3n2C)n[nH]c1=O. The highest BCUT2D eigenvalue weighted by Crippen LogP contribution is 2.25. The minimum atomic E-state index is -0.321. The molecule has 0 bridgehead atoms. The number of nitrogens with one attached hydrogen (secondary N) is 1. The van der Waals surface area contributed by atoms with Crippen molar-refractivity contribution in [2.24, 2.45) is 7.05 Å². The lowest BCUT2D eigenvalue weighted by Gasteiger charge is -2.06. The molecule has 2 N–H and O–H groups in total. The second-order valence-corrected chi connectivity index (χ2v) is 6.96. The smallest absolute Gasteiger partial charge is 0.343 e. The van der Waals surface area contributed by atoms with Crippen LogP contribution in [-0.4, -0.2) is 48.9 Å². The van der Waals surface area contributed by atoms with E-state index in [0.29, 0.717) is 30.6 Å². The van der Waals surface area contributed by atoms with Crippen molar-refractivity contribution in [3.8, 4) is 6.07 Å². The van der Waals surface area contributed by atoms with E-state index >= 15 is 0 Å². The number of aromatic nitrogens is 5. The number of benzene rings is 1. The van der Waals surface area contributed by atoms with E-state index in [1.807, 2.05) is 30.3 Å². The topological polar surface area (TPSA) is 122 Å². The third kappa shape index (κ3) is 3.95. The van der Waals surface area contributed by atoms with Gasteiger partial charge >= 0.3 is 5.69 Å². The molecule has 0 aliphatic rings. The molecule has 0 saturated carbocycles. The Bertz CT molecular complexity index is 1100. The van der Waals surface area contributed by atoms with Crippen LogP contribution in [0.3, 0.4) is 0 Å². The molecule has 0 radical (unpaired) electrons. The predicted molar refractivity (Wildman–Crippen MR) is 106 cm³/mol. The van der Waals surface area contributed by atoms with Gasteiger partial charge in [-0.25, -0.2) is 14.9 Å². The van der Waals surface area contributed by atoms with Gasteiger partial charge in [-0.1, -0.05) is 23.9 Å². The van der Waals surface area contributed by atoms with Crippen LogP contribution in [0, 0.1) is 11.3 Å². The van der Waals surface area contributed by atoms with E-state index in [4.69, 9.17) is 4.74 Å². The zero-order valence-corrected chi connectivity index (χ0v) is 16.4. The van der Waals surface area contributed by atoms with Gasteiger partial charge in [0.15, 0.2) is 11.0 Å². The molecule has 0 fully saturated rings. The number of imidazole rings is 1. The first-order valence-electron chi connectivity index (χ1n) is 8.57. The number of para-hydroxylation sites is 2. The van der Waals surface area contributed by atoms with Gasteiger partial charge in [-0.2, -0.15) is 5.26 Å². The molecular weight excluding hydrogens is 380 g/mol. The van der Waals surface area contributed by atoms with Crippen LogP contribution in [0.25, 0.3) is 16.6 Å². The molecule has 0 atom stereocenters. The third-order valence-corrected chi connectivity index (χ3v) is 5.19. The van der Waals surface area contributed by atoms with Gasteiger partial charge < -0.3 is 14.4 Å². The molecule has 0 aliphatic carbocycles. The molecule has 10 heteroatoms. The summed E-state index contributed by atoms with van der Waals surface area (Å²) in [7, 11) is 3.39. The van der Waals surface area contributed by atoms with Crippen molar-refractivity contribution in [2.75, 3.05) is 19.5 Å². The molecule has 1 aromatic carbocycles. The Hall–Kier alpha value is -3.03. The highest BCUT2D eigenvalue weighted by molar-refractivity contribution is 7.99. The molecule has 0 unspecified atom stereocenters. The van der Waals surface area contributed by atoms with Crippen LogP contribution in [0.2, 0.25) is 0 Å². The number of thioether (sulfide) groups is 1. The highest BCUT2D eigenvalue weighted by Gasteiger charge is 2.17. The molecule has 3 rings (SSSR count). The van der Waals surface area contributed by atoms with E-state index in [-0.39, 0.29) is 22.8 Å². The number of nitriles is 1. The first kappa shape index (κ1) is 19.7. The van der Waals surface area contributed by atoms with E-state index in [2.05, 4.69) is 15.2 Å². The average molecular weight is 400 g/mol. The van der Waals surface area contributed by atoms with Gasteiger partial charge in [0.05, 0.1) is 16.8 Å². The largest absolute Gasteiger partial charge is 0.510 e. The Kier molecular flexibility index (Phi) is 6.18. The molecule has 0 spiro atoms. The van der Waals surface area contributed by atoms with Crippen LogP contribution >= 0.6 is 11.8 Å². The van der Waals surface area contributed by atoms with E-state index in [1.165, 1.54) is 16.3 Å². The highest BCUT2D eigenvalue weighted by atomic mass is 32.2. The van der Waals surface area contributed by atoms with Crippen molar-refractivity contribution in [3.63, 3.8) is 0 Å². The first-order chi connectivity index (χ1) is 13.6. The minimum Gasteiger partial charge on any atom is -0.510 e. The fourth-order valence-electron chi connectivity index (χ4n) is 2.80. The van der Waals surface area contributed by atoms with Gasteiger partial charge in [-0.15, -0.1) is 5.10 Å². The van der Waals surface area contributed by atoms with E-state index < -0.39 is 0 Å². The maximum atomic E-state index is 11.9. The Morgan fingerprint density at radius 2 is 2.21 bits per heavy atom. The van der Waals surface area contributed by atoms with Gasteiger partial charge in [-0.3, -0.25) is 4.57 Å². The second-order valence-electron chi connectivity index (χ2n) is 6.01. The van der Waals surface area contributed by atoms with Crippen molar-refractivity contribution in [2.45, 2.75) is 18.1 Å². The van der Waals surface area contributed by atoms with Crippen LogP contribution in [0.15, 0.2) is 40.0 Å². The Morgan fingerprint density at radius 1 is 1.43 bits per heavy atom. The van der Waals surface area contributed by atoms with Crippen molar-refractivity contribution in [1.29, 1.82) is 5.26 Å². The molecule has 28 heavy (non-hydrogen) atoms. The number of hydrogen-bond donors (Lipinski definition) is 2. The standard InChI is InChI=1S/C18H20N6O3S/c1-23-14-7-4-3-6-13(14)20-16(23)12(10-19)15(25)11-28-18-22-21-17(26)24(18)8-5-9-27-2/h3-4,6-7,25H,5,8-9,11H2,1-2H3,(H,21,26)/b15-12-. The molecule has 146 valence electrons. The van der Waals surface area contributed by atoms with Crippen LogP contribution in [0.4, 0.5) is 0 Å². The number of aliphatic hydroxyl groups excluding tert-OH is 1. The quantitative estimate of drug-likeness (QED) is 0.257. The maximum Gasteiger partial charge on any atom is 0.343 e. The van der Waals surface area contributed by atoms with Crippen molar-refractivity contribution in [3.05, 3.63) is 46.3 Å². The number of ether oxygens (including phenoxy) is 1. The van der Waals surface area contributed by atoms with Gasteiger partial charge in [0.25, 0.3) is 0 Å². The first-order valence-corrected chi connectivity index (χ1v) is 9.56. The zero-order valence-electron chi connectivity index (χ0n) is 15.5. The summed E-state index contributed by atoms with van der Waals surface area (Å²) in [6.45, 7) is 0.976. The number of methoxy groups -OCH3 is 1. The minimum absolute atomic E-state index is 0.0840. The van der Waals surface area contributed by atoms with Crippen LogP contribution < -0.4 is 5.69 Å². The van der Waals surface area contributed by atoms with Crippen LogP contribution in [0.5, 0.6) is 0 Å². The number of aryl methyl sites for hydroxylation is 1. The Labute approximate surface area is 165 Å². The van der Waals surface area contributed by atoms with E-state index in [0.717, 1.165) is 11.0 Å². The van der Waals surface area contributed by atoms with Crippen LogP contribution in [-0.2, 0) is 18.3 Å². The number of fused-ring (bicyclic) bond motifs is 1. The Morgan fingerprint density at radius 3 is 2.93 bits per heavy atom. The molecule has 0 saturated heterocycles. The average Bonchev–Trinajstić information content (AvgIpc) is 3.22. The summed E-state index contributed by atoms with van der Waals surface area (Å²) in [5.74, 6) is 0.354. The van der Waals surface area contributed by atoms with Gasteiger partial charge in [0.1, 0.15) is 17.4 Å². The number of hydrogen-bond acceptors (Lipinski definition) is 7. The molecule has 2 aromatic heterocycles. The number of allylic oxidation sites excluding steroid dienone is 1. The van der Waals surface area contributed by atoms with Crippen molar-refractivity contribution >= 4 is 28.4 Å². The summed E-state index contributed by atoms with van der Waals surface area (Å²) >= 11 is 1.17. The number of H-pyrrole nitrogens is 1. The van der Waals surface area contributed by atoms with Gasteiger partial charge in [0, 0.05) is 27.3 Å². The monoisotopic (exact) mass is 400 g/mol. The summed E-state index contributed by atoms with van der Waals surface area (Å²) in [4.78, 5) is 16.3. The number of nitrogens with zero attached hydrogens (tertiary/aromatic N) is 5. The van der Waals surface area contributed by atoms with Gasteiger partial charge in [-0.05, 0) is 18.6 Å².